The molecule has 2 heteroatoms. The molecule has 1 aromatic rings. The zero-order valence-corrected chi connectivity index (χ0v) is 12.2. The zero-order chi connectivity index (χ0) is 13.3. The summed E-state index contributed by atoms with van der Waals surface area (Å²) in [6.07, 6.45) is 2.55. The predicted octanol–water partition coefficient (Wildman–Crippen LogP) is 3.94. The standard InChI is InChI=1S/C16H25NO/c1-6-7-13-15(17-5)14-11(4)8-9-12(10(2)3)16(14)18-13/h8-10,13,15,17H,6-7H2,1-5H3. The number of rotatable bonds is 4. The molecular weight excluding hydrogens is 222 g/mol. The van der Waals surface area contributed by atoms with Crippen LogP contribution in [0.1, 0.15) is 62.3 Å². The fourth-order valence-electron chi connectivity index (χ4n) is 2.93. The molecule has 1 heterocycles. The molecule has 0 bridgehead atoms. The third kappa shape index (κ3) is 2.14. The van der Waals surface area contributed by atoms with Crippen LogP contribution in [0.2, 0.25) is 0 Å². The van der Waals surface area contributed by atoms with Crippen molar-refractivity contribution in [3.05, 3.63) is 28.8 Å². The van der Waals surface area contributed by atoms with Crippen LogP contribution in [0, 0.1) is 6.92 Å². The van der Waals surface area contributed by atoms with Crippen LogP contribution in [-0.2, 0) is 0 Å². The molecule has 0 saturated carbocycles. The Balaban J connectivity index is 2.47. The van der Waals surface area contributed by atoms with Crippen molar-refractivity contribution in [2.45, 2.75) is 58.6 Å². The Hall–Kier alpha value is -1.02. The predicted molar refractivity (Wildman–Crippen MR) is 76.4 cm³/mol. The molecule has 100 valence electrons. The van der Waals surface area contributed by atoms with Crippen LogP contribution in [0.5, 0.6) is 5.75 Å². The molecule has 0 spiro atoms. The van der Waals surface area contributed by atoms with Gasteiger partial charge in [-0.3, -0.25) is 0 Å². The van der Waals surface area contributed by atoms with E-state index >= 15 is 0 Å². The fourth-order valence-corrected chi connectivity index (χ4v) is 2.93. The number of ether oxygens (including phenoxy) is 1. The lowest BCUT2D eigenvalue weighted by Crippen LogP contribution is -2.28. The van der Waals surface area contributed by atoms with Crippen LogP contribution in [0.15, 0.2) is 12.1 Å². The highest BCUT2D eigenvalue weighted by atomic mass is 16.5. The number of fused-ring (bicyclic) bond motifs is 1. The van der Waals surface area contributed by atoms with Gasteiger partial charge >= 0.3 is 0 Å². The minimum Gasteiger partial charge on any atom is -0.488 e. The molecule has 18 heavy (non-hydrogen) atoms. The van der Waals surface area contributed by atoms with Crippen molar-refractivity contribution in [1.29, 1.82) is 0 Å². The monoisotopic (exact) mass is 247 g/mol. The van der Waals surface area contributed by atoms with Gasteiger partial charge in [0, 0.05) is 5.56 Å². The van der Waals surface area contributed by atoms with Gasteiger partial charge in [-0.05, 0) is 37.4 Å². The average molecular weight is 247 g/mol. The molecule has 0 saturated heterocycles. The minimum absolute atomic E-state index is 0.286. The lowest BCUT2D eigenvalue weighted by molar-refractivity contribution is 0.180. The molecule has 2 rings (SSSR count). The molecule has 0 radical (unpaired) electrons. The van der Waals surface area contributed by atoms with Crippen molar-refractivity contribution in [2.24, 2.45) is 0 Å². The first kappa shape index (κ1) is 13.4. The normalized spacial score (nSPS) is 22.1. The molecule has 0 aliphatic carbocycles. The molecule has 2 nitrogen and oxygen atoms in total. The van der Waals surface area contributed by atoms with E-state index in [1.807, 2.05) is 7.05 Å². The number of nitrogens with one attached hydrogen (secondary N) is 1. The van der Waals surface area contributed by atoms with E-state index in [0.29, 0.717) is 12.0 Å². The molecule has 1 aliphatic heterocycles. The van der Waals surface area contributed by atoms with E-state index in [1.165, 1.54) is 16.7 Å². The molecule has 2 unspecified atom stereocenters. The second-order valence-corrected chi connectivity index (χ2v) is 5.58. The smallest absolute Gasteiger partial charge is 0.128 e. The quantitative estimate of drug-likeness (QED) is 0.870. The molecule has 2 atom stereocenters. The van der Waals surface area contributed by atoms with E-state index in [2.05, 4.69) is 45.1 Å². The minimum atomic E-state index is 0.286. The van der Waals surface area contributed by atoms with Gasteiger partial charge in [0.25, 0.3) is 0 Å². The molecule has 1 aromatic carbocycles. The summed E-state index contributed by atoms with van der Waals surface area (Å²) in [5.41, 5.74) is 4.06. The average Bonchev–Trinajstić information content (AvgIpc) is 2.68. The summed E-state index contributed by atoms with van der Waals surface area (Å²) in [4.78, 5) is 0. The van der Waals surface area contributed by atoms with Crippen molar-refractivity contribution in [3.63, 3.8) is 0 Å². The van der Waals surface area contributed by atoms with Gasteiger partial charge in [0.15, 0.2) is 0 Å². The molecule has 0 amide bonds. The first-order valence-electron chi connectivity index (χ1n) is 7.07. The Morgan fingerprint density at radius 3 is 2.61 bits per heavy atom. The van der Waals surface area contributed by atoms with Gasteiger partial charge in [-0.2, -0.15) is 0 Å². The molecule has 0 fully saturated rings. The molecular formula is C16H25NO. The second-order valence-electron chi connectivity index (χ2n) is 5.58. The van der Waals surface area contributed by atoms with E-state index in [0.717, 1.165) is 18.6 Å². The van der Waals surface area contributed by atoms with Gasteiger partial charge in [-0.15, -0.1) is 0 Å². The topological polar surface area (TPSA) is 21.3 Å². The maximum Gasteiger partial charge on any atom is 0.128 e. The zero-order valence-electron chi connectivity index (χ0n) is 12.2. The molecule has 1 N–H and O–H groups in total. The third-order valence-corrected chi connectivity index (χ3v) is 3.90. The number of likely N-dealkylation sites (N-methyl/N-ethyl adjacent to an activating group) is 1. The van der Waals surface area contributed by atoms with Crippen LogP contribution < -0.4 is 10.1 Å². The SMILES string of the molecule is CCCC1Oc2c(C(C)C)ccc(C)c2C1NC. The van der Waals surface area contributed by atoms with Crippen LogP contribution in [0.4, 0.5) is 0 Å². The van der Waals surface area contributed by atoms with Crippen LogP contribution >= 0.6 is 0 Å². The van der Waals surface area contributed by atoms with E-state index in [-0.39, 0.29) is 6.10 Å². The van der Waals surface area contributed by atoms with Crippen LogP contribution in [-0.4, -0.2) is 13.2 Å². The summed E-state index contributed by atoms with van der Waals surface area (Å²) in [5, 5.41) is 3.44. The highest BCUT2D eigenvalue weighted by molar-refractivity contribution is 5.52. The summed E-state index contributed by atoms with van der Waals surface area (Å²) >= 11 is 0. The summed E-state index contributed by atoms with van der Waals surface area (Å²) in [7, 11) is 2.03. The maximum atomic E-state index is 6.26. The number of aryl methyl sites for hydroxylation is 1. The van der Waals surface area contributed by atoms with Gasteiger partial charge in [-0.1, -0.05) is 39.3 Å². The summed E-state index contributed by atoms with van der Waals surface area (Å²) in [6.45, 7) is 8.87. The summed E-state index contributed by atoms with van der Waals surface area (Å²) in [6, 6.07) is 4.80. The van der Waals surface area contributed by atoms with E-state index in [4.69, 9.17) is 4.74 Å². The van der Waals surface area contributed by atoms with Crippen molar-refractivity contribution in [2.75, 3.05) is 7.05 Å². The summed E-state index contributed by atoms with van der Waals surface area (Å²) in [5.74, 6) is 1.65. The van der Waals surface area contributed by atoms with Crippen molar-refractivity contribution in [1.82, 2.24) is 5.32 Å². The van der Waals surface area contributed by atoms with E-state index in [9.17, 15) is 0 Å². The Labute approximate surface area is 111 Å². The third-order valence-electron chi connectivity index (χ3n) is 3.90. The van der Waals surface area contributed by atoms with Gasteiger partial charge in [0.05, 0.1) is 6.04 Å². The van der Waals surface area contributed by atoms with Gasteiger partial charge in [0.2, 0.25) is 0 Å². The lowest BCUT2D eigenvalue weighted by atomic mass is 9.92. The number of hydrogen-bond acceptors (Lipinski definition) is 2. The summed E-state index contributed by atoms with van der Waals surface area (Å²) < 4.78 is 6.26. The first-order valence-corrected chi connectivity index (χ1v) is 7.07. The van der Waals surface area contributed by atoms with E-state index < -0.39 is 0 Å². The highest BCUT2D eigenvalue weighted by Gasteiger charge is 2.35. The van der Waals surface area contributed by atoms with E-state index in [1.54, 1.807) is 0 Å². The largest absolute Gasteiger partial charge is 0.488 e. The van der Waals surface area contributed by atoms with Crippen molar-refractivity contribution < 1.29 is 4.74 Å². The molecule has 1 aliphatic rings. The van der Waals surface area contributed by atoms with Crippen molar-refractivity contribution in [3.8, 4) is 5.75 Å². The van der Waals surface area contributed by atoms with Crippen LogP contribution in [0.3, 0.4) is 0 Å². The first-order chi connectivity index (χ1) is 8.60. The highest BCUT2D eigenvalue weighted by Crippen LogP contribution is 2.44. The molecule has 0 aromatic heterocycles. The van der Waals surface area contributed by atoms with Gasteiger partial charge in [-0.25, -0.2) is 0 Å². The Morgan fingerprint density at radius 2 is 2.06 bits per heavy atom. The van der Waals surface area contributed by atoms with Gasteiger partial charge < -0.3 is 10.1 Å². The maximum absolute atomic E-state index is 6.26. The number of hydrogen-bond donors (Lipinski definition) is 1. The van der Waals surface area contributed by atoms with Crippen molar-refractivity contribution >= 4 is 0 Å². The Bertz CT molecular complexity index is 425. The van der Waals surface area contributed by atoms with Gasteiger partial charge in [0.1, 0.15) is 11.9 Å². The lowest BCUT2D eigenvalue weighted by Gasteiger charge is -2.18. The second kappa shape index (κ2) is 5.31. The fraction of sp³-hybridized carbons (Fsp3) is 0.625. The van der Waals surface area contributed by atoms with Crippen LogP contribution in [0.25, 0.3) is 0 Å². The number of benzene rings is 1. The Kier molecular flexibility index (Phi) is 3.96. The Morgan fingerprint density at radius 1 is 1.33 bits per heavy atom.